The lowest BCUT2D eigenvalue weighted by molar-refractivity contribution is 0.432. The van der Waals surface area contributed by atoms with Gasteiger partial charge in [0, 0.05) is 18.7 Å². The number of alkyl halides is 1. The summed E-state index contributed by atoms with van der Waals surface area (Å²) in [6.07, 6.45) is 0.740. The summed E-state index contributed by atoms with van der Waals surface area (Å²) in [5, 5.41) is 9.25. The van der Waals surface area contributed by atoms with Crippen LogP contribution in [0.5, 0.6) is 5.75 Å². The van der Waals surface area contributed by atoms with E-state index in [1.165, 1.54) is 16.8 Å². The Hall–Kier alpha value is -1.62. The summed E-state index contributed by atoms with van der Waals surface area (Å²) < 4.78 is 28.0. The van der Waals surface area contributed by atoms with Crippen LogP contribution >= 0.6 is 11.6 Å². The van der Waals surface area contributed by atoms with Gasteiger partial charge in [0.25, 0.3) is 0 Å². The van der Waals surface area contributed by atoms with E-state index in [9.17, 15) is 18.7 Å². The van der Waals surface area contributed by atoms with Crippen LogP contribution in [0.2, 0.25) is 5.02 Å². The van der Waals surface area contributed by atoms with Crippen molar-refractivity contribution < 1.29 is 13.9 Å². The fourth-order valence-electron chi connectivity index (χ4n) is 2.07. The van der Waals surface area contributed by atoms with Crippen LogP contribution in [-0.2, 0) is 0 Å². The van der Waals surface area contributed by atoms with E-state index in [0.29, 0.717) is 6.42 Å². The van der Waals surface area contributed by atoms with Gasteiger partial charge in [-0.15, -0.1) is 0 Å². The number of phenols is 1. The maximum atomic E-state index is 13.4. The molecule has 0 spiro atoms. The molecule has 0 bridgehead atoms. The number of hydrogen-bond donors (Lipinski definition) is 1. The molecule has 1 aliphatic carbocycles. The molecular weight excluding hydrogens is 264 g/mol. The van der Waals surface area contributed by atoms with Gasteiger partial charge < -0.3 is 9.67 Å². The maximum Gasteiger partial charge on any atom is 0.189 e. The first-order valence-electron chi connectivity index (χ1n) is 5.36. The largest absolute Gasteiger partial charge is 0.504 e. The van der Waals surface area contributed by atoms with E-state index < -0.39 is 29.2 Å². The molecule has 2 atom stereocenters. The van der Waals surface area contributed by atoms with Gasteiger partial charge in [-0.1, -0.05) is 11.6 Å². The van der Waals surface area contributed by atoms with Crippen LogP contribution < -0.4 is 5.43 Å². The lowest BCUT2D eigenvalue weighted by Gasteiger charge is -2.12. The molecule has 0 unspecified atom stereocenters. The van der Waals surface area contributed by atoms with Gasteiger partial charge in [0.15, 0.2) is 17.0 Å². The fourth-order valence-corrected chi connectivity index (χ4v) is 2.36. The van der Waals surface area contributed by atoms with Crippen LogP contribution in [0.3, 0.4) is 0 Å². The molecule has 1 heterocycles. The van der Waals surface area contributed by atoms with Gasteiger partial charge in [-0.3, -0.25) is 4.79 Å². The number of hydrogen-bond acceptors (Lipinski definition) is 2. The lowest BCUT2D eigenvalue weighted by Crippen LogP contribution is -2.09. The molecular formula is C12H8ClF2NO2. The third-order valence-corrected chi connectivity index (χ3v) is 3.47. The minimum absolute atomic E-state index is 0.0388. The molecule has 3 nitrogen and oxygen atoms in total. The molecule has 1 fully saturated rings. The summed E-state index contributed by atoms with van der Waals surface area (Å²) in [7, 11) is 0. The molecule has 1 aliphatic rings. The monoisotopic (exact) mass is 271 g/mol. The third-order valence-electron chi connectivity index (χ3n) is 3.12. The summed E-state index contributed by atoms with van der Waals surface area (Å²) in [5.41, 5.74) is -0.244. The van der Waals surface area contributed by atoms with Crippen LogP contribution in [0.15, 0.2) is 23.1 Å². The first-order chi connectivity index (χ1) is 8.50. The number of aromatic hydroxyl groups is 1. The highest BCUT2D eigenvalue weighted by atomic mass is 35.5. The van der Waals surface area contributed by atoms with Crippen molar-refractivity contribution in [3.63, 3.8) is 0 Å². The van der Waals surface area contributed by atoms with E-state index in [1.807, 2.05) is 0 Å². The van der Waals surface area contributed by atoms with Gasteiger partial charge in [-0.25, -0.2) is 8.78 Å². The molecule has 2 aromatic rings. The molecule has 0 aliphatic heterocycles. The minimum Gasteiger partial charge on any atom is -0.504 e. The topological polar surface area (TPSA) is 42.2 Å². The van der Waals surface area contributed by atoms with Crippen LogP contribution in [0.1, 0.15) is 12.5 Å². The highest BCUT2D eigenvalue weighted by Gasteiger charge is 2.40. The molecule has 94 valence electrons. The first kappa shape index (κ1) is 11.5. The van der Waals surface area contributed by atoms with E-state index in [2.05, 4.69) is 0 Å². The molecule has 1 N–H and O–H groups in total. The van der Waals surface area contributed by atoms with Crippen molar-refractivity contribution in [3.8, 4) is 5.75 Å². The van der Waals surface area contributed by atoms with Gasteiger partial charge in [-0.05, 0) is 6.07 Å². The van der Waals surface area contributed by atoms with Crippen molar-refractivity contribution in [3.05, 3.63) is 39.4 Å². The number of halogens is 3. The lowest BCUT2D eigenvalue weighted by atomic mass is 10.2. The number of phenolic OH excluding ortho intramolecular Hbond substituents is 1. The Morgan fingerprint density at radius 1 is 1.50 bits per heavy atom. The average molecular weight is 272 g/mol. The Morgan fingerprint density at radius 2 is 2.17 bits per heavy atom. The Kier molecular flexibility index (Phi) is 2.35. The number of aromatic nitrogens is 1. The summed E-state index contributed by atoms with van der Waals surface area (Å²) in [6.45, 7) is 0. The second kappa shape index (κ2) is 3.68. The molecule has 3 rings (SSSR count). The smallest absolute Gasteiger partial charge is 0.189 e. The second-order valence-corrected chi connectivity index (χ2v) is 4.70. The second-order valence-electron chi connectivity index (χ2n) is 4.32. The van der Waals surface area contributed by atoms with Crippen LogP contribution in [-0.4, -0.2) is 15.8 Å². The van der Waals surface area contributed by atoms with E-state index in [1.54, 1.807) is 0 Å². The first-order valence-corrected chi connectivity index (χ1v) is 5.74. The van der Waals surface area contributed by atoms with Crippen molar-refractivity contribution in [1.29, 1.82) is 0 Å². The molecule has 0 saturated heterocycles. The number of benzene rings is 1. The zero-order valence-electron chi connectivity index (χ0n) is 9.03. The average Bonchev–Trinajstić information content (AvgIpc) is 3.05. The van der Waals surface area contributed by atoms with Crippen molar-refractivity contribution in [2.75, 3.05) is 0 Å². The maximum absolute atomic E-state index is 13.4. The van der Waals surface area contributed by atoms with Crippen molar-refractivity contribution in [2.45, 2.75) is 18.6 Å². The summed E-state index contributed by atoms with van der Waals surface area (Å²) >= 11 is 5.86. The highest BCUT2D eigenvalue weighted by molar-refractivity contribution is 6.36. The number of pyridine rings is 1. The Labute approximate surface area is 105 Å². The number of nitrogens with zero attached hydrogens (tertiary/aromatic N) is 1. The zero-order chi connectivity index (χ0) is 13.0. The molecule has 0 radical (unpaired) electrons. The fraction of sp³-hybridized carbons (Fsp3) is 0.250. The van der Waals surface area contributed by atoms with Crippen LogP contribution in [0.25, 0.3) is 10.9 Å². The van der Waals surface area contributed by atoms with E-state index in [4.69, 9.17) is 11.6 Å². The number of fused-ring (bicyclic) bond motifs is 1. The van der Waals surface area contributed by atoms with Gasteiger partial charge in [0.1, 0.15) is 11.2 Å². The molecule has 18 heavy (non-hydrogen) atoms. The summed E-state index contributed by atoms with van der Waals surface area (Å²) in [6, 6.07) is 1.75. The van der Waals surface area contributed by atoms with Crippen molar-refractivity contribution in [2.24, 2.45) is 0 Å². The minimum atomic E-state index is -1.00. The Morgan fingerprint density at radius 3 is 2.78 bits per heavy atom. The van der Waals surface area contributed by atoms with Gasteiger partial charge in [0.05, 0.1) is 16.9 Å². The summed E-state index contributed by atoms with van der Waals surface area (Å²) in [5.74, 6) is -1.69. The standard InChI is InChI=1S/C12H8ClF2NO2/c13-10-11-5(3-7(15)12(10)18)9(17)1-2-16(11)8-4-6(8)14/h1-3,6,8,18H,4H2/t6-,8+/m0/s1. The van der Waals surface area contributed by atoms with Crippen LogP contribution in [0, 0.1) is 5.82 Å². The van der Waals surface area contributed by atoms with E-state index in [-0.39, 0.29) is 15.9 Å². The third kappa shape index (κ3) is 1.50. The van der Waals surface area contributed by atoms with Crippen molar-refractivity contribution >= 4 is 22.5 Å². The Bertz CT molecular complexity index is 713. The van der Waals surface area contributed by atoms with Gasteiger partial charge >= 0.3 is 0 Å². The van der Waals surface area contributed by atoms with Gasteiger partial charge in [-0.2, -0.15) is 0 Å². The zero-order valence-corrected chi connectivity index (χ0v) is 9.79. The predicted molar refractivity (Wildman–Crippen MR) is 63.4 cm³/mol. The highest BCUT2D eigenvalue weighted by Crippen LogP contribution is 2.43. The molecule has 6 heteroatoms. The predicted octanol–water partition coefficient (Wildman–Crippen LogP) is 2.78. The van der Waals surface area contributed by atoms with Gasteiger partial charge in [0.2, 0.25) is 0 Å². The molecule has 1 aromatic carbocycles. The molecule has 1 saturated carbocycles. The Balaban J connectivity index is 2.43. The number of rotatable bonds is 1. The normalized spacial score (nSPS) is 22.4. The molecule has 1 aromatic heterocycles. The quantitative estimate of drug-likeness (QED) is 0.867. The SMILES string of the molecule is O=c1ccn([C@@H]2C[C@@H]2F)c2c(Cl)c(O)c(F)cc12. The van der Waals surface area contributed by atoms with Crippen LogP contribution in [0.4, 0.5) is 8.78 Å². The van der Waals surface area contributed by atoms with E-state index >= 15 is 0 Å². The van der Waals surface area contributed by atoms with Crippen molar-refractivity contribution in [1.82, 2.24) is 4.57 Å². The molecule has 0 amide bonds. The van der Waals surface area contributed by atoms with E-state index in [0.717, 1.165) is 6.07 Å². The summed E-state index contributed by atoms with van der Waals surface area (Å²) in [4.78, 5) is 11.7.